The molecule has 154 valence electrons. The lowest BCUT2D eigenvalue weighted by Crippen LogP contribution is -2.51. The number of nitrogens with zero attached hydrogens (tertiary/aromatic N) is 4. The lowest BCUT2D eigenvalue weighted by atomic mass is 9.78. The Hall–Kier alpha value is -1.89. The molecular weight excluding hydrogens is 356 g/mol. The number of carbonyl (C=O) groups is 2. The number of hydrogen-bond acceptors (Lipinski definition) is 4. The maximum absolute atomic E-state index is 12.7. The van der Waals surface area contributed by atoms with Crippen LogP contribution in [0.25, 0.3) is 0 Å². The highest BCUT2D eigenvalue weighted by atomic mass is 16.5. The van der Waals surface area contributed by atoms with Gasteiger partial charge in [-0.25, -0.2) is 0 Å². The minimum Gasteiger partial charge on any atom is -0.375 e. The summed E-state index contributed by atoms with van der Waals surface area (Å²) >= 11 is 0. The first-order chi connectivity index (χ1) is 13.6. The van der Waals surface area contributed by atoms with Gasteiger partial charge in [-0.15, -0.1) is 0 Å². The van der Waals surface area contributed by atoms with E-state index in [2.05, 4.69) is 5.10 Å². The molecule has 0 saturated carbocycles. The number of piperidine rings is 1. The van der Waals surface area contributed by atoms with Gasteiger partial charge < -0.3 is 14.5 Å². The highest BCUT2D eigenvalue weighted by Crippen LogP contribution is 2.39. The SMILES string of the molecule is CCn1ccc(C(=O)N2CCC3(CC2)CC(CC(=O)N2CCCC2)CCO3)n1. The highest BCUT2D eigenvalue weighted by molar-refractivity contribution is 5.92. The molecule has 3 saturated heterocycles. The zero-order chi connectivity index (χ0) is 19.6. The average molecular weight is 389 g/mol. The lowest BCUT2D eigenvalue weighted by molar-refractivity contribution is -0.140. The number of rotatable bonds is 4. The second-order valence-electron chi connectivity index (χ2n) is 8.53. The Morgan fingerprint density at radius 3 is 2.61 bits per heavy atom. The van der Waals surface area contributed by atoms with Gasteiger partial charge in [0.1, 0.15) is 5.69 Å². The summed E-state index contributed by atoms with van der Waals surface area (Å²) in [7, 11) is 0. The first kappa shape index (κ1) is 19.4. The first-order valence-corrected chi connectivity index (χ1v) is 10.8. The molecule has 1 aromatic heterocycles. The standard InChI is InChI=1S/C21H32N4O3/c1-2-25-11-5-18(22-25)20(27)24-12-7-21(8-13-24)16-17(6-14-28-21)15-19(26)23-9-3-4-10-23/h5,11,17H,2-4,6-10,12-16H2,1H3. The molecule has 1 aromatic rings. The van der Waals surface area contributed by atoms with Crippen molar-refractivity contribution in [1.29, 1.82) is 0 Å². The summed E-state index contributed by atoms with van der Waals surface area (Å²) in [6, 6.07) is 1.80. The van der Waals surface area contributed by atoms with Gasteiger partial charge in [0.2, 0.25) is 5.91 Å². The molecule has 1 spiro atoms. The molecule has 28 heavy (non-hydrogen) atoms. The molecule has 0 aromatic carbocycles. The summed E-state index contributed by atoms with van der Waals surface area (Å²) < 4.78 is 8.00. The molecule has 4 heterocycles. The first-order valence-electron chi connectivity index (χ1n) is 10.8. The van der Waals surface area contributed by atoms with Crippen molar-refractivity contribution in [3.63, 3.8) is 0 Å². The Balaban J connectivity index is 1.31. The van der Waals surface area contributed by atoms with Crippen LogP contribution >= 0.6 is 0 Å². The molecule has 0 bridgehead atoms. The number of aromatic nitrogens is 2. The van der Waals surface area contributed by atoms with Crippen molar-refractivity contribution in [2.45, 2.75) is 64.0 Å². The van der Waals surface area contributed by atoms with Crippen LogP contribution in [0.1, 0.15) is 62.4 Å². The van der Waals surface area contributed by atoms with E-state index < -0.39 is 0 Å². The number of amides is 2. The van der Waals surface area contributed by atoms with Crippen LogP contribution in [-0.4, -0.2) is 69.8 Å². The van der Waals surface area contributed by atoms with E-state index in [9.17, 15) is 9.59 Å². The van der Waals surface area contributed by atoms with Crippen LogP contribution in [0.3, 0.4) is 0 Å². The molecular formula is C21H32N4O3. The van der Waals surface area contributed by atoms with E-state index in [1.54, 1.807) is 10.7 Å². The van der Waals surface area contributed by atoms with Crippen LogP contribution in [0, 0.1) is 5.92 Å². The van der Waals surface area contributed by atoms with Crippen LogP contribution in [0.2, 0.25) is 0 Å². The molecule has 4 rings (SSSR count). The van der Waals surface area contributed by atoms with Gasteiger partial charge in [-0.05, 0) is 57.4 Å². The number of hydrogen-bond donors (Lipinski definition) is 0. The van der Waals surface area contributed by atoms with Crippen molar-refractivity contribution >= 4 is 11.8 Å². The molecule has 1 unspecified atom stereocenters. The molecule has 0 aliphatic carbocycles. The van der Waals surface area contributed by atoms with Crippen LogP contribution in [0.4, 0.5) is 0 Å². The van der Waals surface area contributed by atoms with Gasteiger partial charge in [-0.3, -0.25) is 14.3 Å². The smallest absolute Gasteiger partial charge is 0.274 e. The Morgan fingerprint density at radius 1 is 1.18 bits per heavy atom. The van der Waals surface area contributed by atoms with Gasteiger partial charge >= 0.3 is 0 Å². The molecule has 7 heteroatoms. The van der Waals surface area contributed by atoms with E-state index in [0.29, 0.717) is 37.0 Å². The summed E-state index contributed by atoms with van der Waals surface area (Å²) in [5.74, 6) is 0.738. The summed E-state index contributed by atoms with van der Waals surface area (Å²) in [6.07, 6.45) is 8.40. The van der Waals surface area contributed by atoms with Crippen molar-refractivity contribution < 1.29 is 14.3 Å². The Morgan fingerprint density at radius 2 is 1.93 bits per heavy atom. The number of likely N-dealkylation sites (tertiary alicyclic amines) is 2. The third-order valence-corrected chi connectivity index (χ3v) is 6.66. The molecule has 0 N–H and O–H groups in total. The van der Waals surface area contributed by atoms with Crippen molar-refractivity contribution in [2.75, 3.05) is 32.8 Å². The second kappa shape index (κ2) is 8.23. The van der Waals surface area contributed by atoms with E-state index in [-0.39, 0.29) is 11.5 Å². The summed E-state index contributed by atoms with van der Waals surface area (Å²) in [5, 5.41) is 4.34. The highest BCUT2D eigenvalue weighted by Gasteiger charge is 2.42. The molecule has 2 amide bonds. The molecule has 3 aliphatic rings. The molecule has 7 nitrogen and oxygen atoms in total. The summed E-state index contributed by atoms with van der Waals surface area (Å²) in [6.45, 7) is 6.76. The van der Waals surface area contributed by atoms with Crippen molar-refractivity contribution in [3.8, 4) is 0 Å². The fourth-order valence-electron chi connectivity index (χ4n) is 4.93. The Labute approximate surface area is 167 Å². The minimum absolute atomic E-state index is 0.0126. The van der Waals surface area contributed by atoms with Crippen molar-refractivity contribution in [2.24, 2.45) is 5.92 Å². The van der Waals surface area contributed by atoms with E-state index >= 15 is 0 Å². The zero-order valence-electron chi connectivity index (χ0n) is 16.9. The largest absolute Gasteiger partial charge is 0.375 e. The van der Waals surface area contributed by atoms with Gasteiger partial charge in [0, 0.05) is 51.9 Å². The van der Waals surface area contributed by atoms with Crippen LogP contribution in [0.15, 0.2) is 12.3 Å². The van der Waals surface area contributed by atoms with Gasteiger partial charge in [0.25, 0.3) is 5.91 Å². The molecule has 1 atom stereocenters. The molecule has 3 aliphatic heterocycles. The quantitative estimate of drug-likeness (QED) is 0.794. The maximum Gasteiger partial charge on any atom is 0.274 e. The van der Waals surface area contributed by atoms with Crippen molar-refractivity contribution in [3.05, 3.63) is 18.0 Å². The van der Waals surface area contributed by atoms with Crippen molar-refractivity contribution in [1.82, 2.24) is 19.6 Å². The normalized spacial score (nSPS) is 24.7. The predicted molar refractivity (Wildman–Crippen MR) is 105 cm³/mol. The summed E-state index contributed by atoms with van der Waals surface area (Å²) in [4.78, 5) is 29.2. The van der Waals surface area contributed by atoms with Crippen LogP contribution in [0.5, 0.6) is 0 Å². The van der Waals surface area contributed by atoms with Crippen LogP contribution in [-0.2, 0) is 16.1 Å². The Kier molecular flexibility index (Phi) is 5.71. The third kappa shape index (κ3) is 4.09. The van der Waals surface area contributed by atoms with Gasteiger partial charge in [-0.1, -0.05) is 0 Å². The van der Waals surface area contributed by atoms with E-state index in [4.69, 9.17) is 4.74 Å². The van der Waals surface area contributed by atoms with Gasteiger partial charge in [0.05, 0.1) is 5.60 Å². The third-order valence-electron chi connectivity index (χ3n) is 6.66. The van der Waals surface area contributed by atoms with Crippen LogP contribution < -0.4 is 0 Å². The molecule has 3 fully saturated rings. The summed E-state index contributed by atoms with van der Waals surface area (Å²) in [5.41, 5.74) is 0.366. The number of ether oxygens (including phenoxy) is 1. The second-order valence-corrected chi connectivity index (χ2v) is 8.53. The fraction of sp³-hybridized carbons (Fsp3) is 0.762. The molecule has 0 radical (unpaired) electrons. The minimum atomic E-state index is -0.159. The Bertz CT molecular complexity index is 702. The van der Waals surface area contributed by atoms with E-state index in [1.807, 2.05) is 22.9 Å². The number of carbonyl (C=O) groups excluding carboxylic acids is 2. The average Bonchev–Trinajstić information content (AvgIpc) is 3.40. The number of aryl methyl sites for hydroxylation is 1. The fourth-order valence-corrected chi connectivity index (χ4v) is 4.93. The zero-order valence-corrected chi connectivity index (χ0v) is 16.9. The maximum atomic E-state index is 12.7. The van der Waals surface area contributed by atoms with Gasteiger partial charge in [-0.2, -0.15) is 5.10 Å². The lowest BCUT2D eigenvalue weighted by Gasteiger charge is -2.46. The van der Waals surface area contributed by atoms with E-state index in [1.165, 1.54) is 0 Å². The van der Waals surface area contributed by atoms with Gasteiger partial charge in [0.15, 0.2) is 0 Å². The topological polar surface area (TPSA) is 67.7 Å². The van der Waals surface area contributed by atoms with E-state index in [0.717, 1.165) is 64.8 Å². The monoisotopic (exact) mass is 388 g/mol. The predicted octanol–water partition coefficient (Wildman–Crippen LogP) is 2.32.